The van der Waals surface area contributed by atoms with Gasteiger partial charge in [0.2, 0.25) is 0 Å². The number of aromatic nitrogens is 1. The Kier molecular flexibility index (Phi) is 5.60. The Morgan fingerprint density at radius 2 is 1.11 bits per heavy atom. The van der Waals surface area contributed by atoms with E-state index in [2.05, 4.69) is 83.8 Å². The average Bonchev–Trinajstić information content (AvgIpc) is 2.79. The molecule has 0 N–H and O–H groups in total. The molecule has 0 saturated carbocycles. The lowest BCUT2D eigenvalue weighted by atomic mass is 9.80. The summed E-state index contributed by atoms with van der Waals surface area (Å²) in [7, 11) is 0. The molecule has 28 heavy (non-hydrogen) atoms. The zero-order valence-electron chi connectivity index (χ0n) is 15.7. The number of hydrogen-bond acceptors (Lipinski definition) is 2. The minimum Gasteiger partial charge on any atom is -0.360 e. The van der Waals surface area contributed by atoms with E-state index in [0.29, 0.717) is 6.61 Å². The molecule has 0 fully saturated rings. The summed E-state index contributed by atoms with van der Waals surface area (Å²) in [6.45, 7) is 0.588. The monoisotopic (exact) mass is 365 g/mol. The number of benzene rings is 3. The summed E-state index contributed by atoms with van der Waals surface area (Å²) >= 11 is 0. The van der Waals surface area contributed by atoms with E-state index in [-0.39, 0.29) is 0 Å². The van der Waals surface area contributed by atoms with Crippen molar-refractivity contribution < 1.29 is 4.74 Å². The lowest BCUT2D eigenvalue weighted by Crippen LogP contribution is -2.33. The molecule has 1 heterocycles. The largest absolute Gasteiger partial charge is 0.360 e. The molecular formula is C26H23NO. The Balaban J connectivity index is 1.79. The van der Waals surface area contributed by atoms with Crippen LogP contribution in [0.3, 0.4) is 0 Å². The van der Waals surface area contributed by atoms with Crippen LogP contribution in [0.4, 0.5) is 0 Å². The van der Waals surface area contributed by atoms with Crippen LogP contribution in [0.15, 0.2) is 116 Å². The van der Waals surface area contributed by atoms with Gasteiger partial charge in [-0.2, -0.15) is 0 Å². The molecule has 0 amide bonds. The second kappa shape index (κ2) is 8.64. The van der Waals surface area contributed by atoms with Gasteiger partial charge in [0.1, 0.15) is 5.60 Å². The standard InChI is InChI=1S/C26H23NO/c1-4-12-23(13-5-1)26(24-14-6-2-7-15-24,25-16-8-3-9-17-25)28-20-18-22-11-10-19-27-21-22/h1-17,19,21H,18,20H2. The van der Waals surface area contributed by atoms with Gasteiger partial charge in [-0.25, -0.2) is 0 Å². The number of pyridine rings is 1. The van der Waals surface area contributed by atoms with E-state index in [4.69, 9.17) is 4.74 Å². The lowest BCUT2D eigenvalue weighted by molar-refractivity contribution is 0.0147. The van der Waals surface area contributed by atoms with Crippen molar-refractivity contribution >= 4 is 0 Å². The van der Waals surface area contributed by atoms with Gasteiger partial charge < -0.3 is 4.74 Å². The summed E-state index contributed by atoms with van der Waals surface area (Å²) < 4.78 is 6.76. The maximum absolute atomic E-state index is 6.76. The summed E-state index contributed by atoms with van der Waals surface area (Å²) in [6.07, 6.45) is 4.51. The van der Waals surface area contributed by atoms with Gasteiger partial charge in [0, 0.05) is 12.4 Å². The third-order valence-corrected chi connectivity index (χ3v) is 4.97. The zero-order chi connectivity index (χ0) is 19.1. The van der Waals surface area contributed by atoms with Gasteiger partial charge in [0.25, 0.3) is 0 Å². The molecule has 3 aromatic carbocycles. The van der Waals surface area contributed by atoms with Gasteiger partial charge in [0.05, 0.1) is 6.61 Å². The molecule has 2 heteroatoms. The molecule has 4 rings (SSSR count). The van der Waals surface area contributed by atoms with E-state index in [1.54, 1.807) is 6.20 Å². The first-order chi connectivity index (χ1) is 13.9. The van der Waals surface area contributed by atoms with E-state index in [0.717, 1.165) is 23.1 Å². The molecule has 0 aliphatic rings. The van der Waals surface area contributed by atoms with Gasteiger partial charge in [-0.15, -0.1) is 0 Å². The number of hydrogen-bond donors (Lipinski definition) is 0. The first-order valence-corrected chi connectivity index (χ1v) is 9.59. The van der Waals surface area contributed by atoms with Crippen molar-refractivity contribution in [2.45, 2.75) is 12.0 Å². The third-order valence-electron chi connectivity index (χ3n) is 4.97. The highest BCUT2D eigenvalue weighted by Gasteiger charge is 2.37. The van der Waals surface area contributed by atoms with E-state index >= 15 is 0 Å². The van der Waals surface area contributed by atoms with E-state index in [1.165, 1.54) is 5.56 Å². The predicted octanol–water partition coefficient (Wildman–Crippen LogP) is 5.63. The zero-order valence-corrected chi connectivity index (χ0v) is 15.7. The van der Waals surface area contributed by atoms with Gasteiger partial charge in [-0.1, -0.05) is 97.1 Å². The van der Waals surface area contributed by atoms with Crippen LogP contribution >= 0.6 is 0 Å². The summed E-state index contributed by atoms with van der Waals surface area (Å²) in [5, 5.41) is 0. The molecule has 0 radical (unpaired) electrons. The van der Waals surface area contributed by atoms with E-state index < -0.39 is 5.60 Å². The maximum Gasteiger partial charge on any atom is 0.143 e. The van der Waals surface area contributed by atoms with Crippen molar-refractivity contribution in [3.63, 3.8) is 0 Å². The Hall–Kier alpha value is -3.23. The molecule has 0 unspecified atom stereocenters. The quantitative estimate of drug-likeness (QED) is 0.396. The summed E-state index contributed by atoms with van der Waals surface area (Å²) in [6, 6.07) is 35.5. The van der Waals surface area contributed by atoms with Crippen LogP contribution < -0.4 is 0 Å². The minimum absolute atomic E-state index is 0.588. The first-order valence-electron chi connectivity index (χ1n) is 9.59. The van der Waals surface area contributed by atoms with Gasteiger partial charge in [-0.05, 0) is 34.7 Å². The molecule has 0 aliphatic carbocycles. The van der Waals surface area contributed by atoms with E-state index in [9.17, 15) is 0 Å². The highest BCUT2D eigenvalue weighted by atomic mass is 16.5. The fraction of sp³-hybridized carbons (Fsp3) is 0.115. The Bertz CT molecular complexity index is 873. The van der Waals surface area contributed by atoms with Crippen molar-refractivity contribution in [1.29, 1.82) is 0 Å². The average molecular weight is 365 g/mol. The normalized spacial score (nSPS) is 11.3. The molecule has 0 aliphatic heterocycles. The fourth-order valence-electron chi connectivity index (χ4n) is 3.64. The van der Waals surface area contributed by atoms with Crippen molar-refractivity contribution in [3.05, 3.63) is 138 Å². The molecule has 0 bridgehead atoms. The van der Waals surface area contributed by atoms with Crippen molar-refractivity contribution in [2.24, 2.45) is 0 Å². The first kappa shape index (κ1) is 18.1. The van der Waals surface area contributed by atoms with Crippen LogP contribution in [-0.4, -0.2) is 11.6 Å². The van der Waals surface area contributed by atoms with Crippen LogP contribution in [0.1, 0.15) is 22.3 Å². The van der Waals surface area contributed by atoms with Crippen molar-refractivity contribution in [3.8, 4) is 0 Å². The number of nitrogens with zero attached hydrogens (tertiary/aromatic N) is 1. The maximum atomic E-state index is 6.76. The second-order valence-electron chi connectivity index (χ2n) is 6.74. The molecule has 4 aromatic rings. The van der Waals surface area contributed by atoms with Crippen molar-refractivity contribution in [2.75, 3.05) is 6.61 Å². The van der Waals surface area contributed by atoms with Gasteiger partial charge in [0.15, 0.2) is 0 Å². The summed E-state index contributed by atoms with van der Waals surface area (Å²) in [5.41, 5.74) is 3.88. The van der Waals surface area contributed by atoms with Crippen LogP contribution in [0.2, 0.25) is 0 Å². The van der Waals surface area contributed by atoms with Crippen LogP contribution in [-0.2, 0) is 16.8 Å². The molecular weight excluding hydrogens is 342 g/mol. The second-order valence-corrected chi connectivity index (χ2v) is 6.74. The fourth-order valence-corrected chi connectivity index (χ4v) is 3.64. The minimum atomic E-state index is -0.661. The Morgan fingerprint density at radius 1 is 0.607 bits per heavy atom. The molecule has 1 aromatic heterocycles. The Labute approximate surface area is 166 Å². The van der Waals surface area contributed by atoms with Crippen LogP contribution in [0, 0.1) is 0 Å². The third kappa shape index (κ3) is 3.73. The topological polar surface area (TPSA) is 22.1 Å². The lowest BCUT2D eigenvalue weighted by Gasteiger charge is -2.36. The molecule has 0 atom stereocenters. The summed E-state index contributed by atoms with van der Waals surface area (Å²) in [5.74, 6) is 0. The van der Waals surface area contributed by atoms with E-state index in [1.807, 2.05) is 30.5 Å². The molecule has 138 valence electrons. The van der Waals surface area contributed by atoms with Crippen LogP contribution in [0.25, 0.3) is 0 Å². The highest BCUT2D eigenvalue weighted by Crippen LogP contribution is 2.40. The number of rotatable bonds is 7. The molecule has 0 spiro atoms. The smallest absolute Gasteiger partial charge is 0.143 e. The number of ether oxygens (including phenoxy) is 1. The predicted molar refractivity (Wildman–Crippen MR) is 113 cm³/mol. The van der Waals surface area contributed by atoms with Gasteiger partial charge in [-0.3, -0.25) is 4.98 Å². The van der Waals surface area contributed by atoms with Gasteiger partial charge >= 0.3 is 0 Å². The van der Waals surface area contributed by atoms with Crippen LogP contribution in [0.5, 0.6) is 0 Å². The highest BCUT2D eigenvalue weighted by molar-refractivity contribution is 5.47. The molecule has 0 saturated heterocycles. The van der Waals surface area contributed by atoms with Crippen molar-refractivity contribution in [1.82, 2.24) is 4.98 Å². The Morgan fingerprint density at radius 3 is 1.54 bits per heavy atom. The molecule has 2 nitrogen and oxygen atoms in total. The SMILES string of the molecule is c1ccc(C(OCCc2cccnc2)(c2ccccc2)c2ccccc2)cc1. The summed E-state index contributed by atoms with van der Waals surface area (Å²) in [4.78, 5) is 4.22.